The lowest BCUT2D eigenvalue weighted by molar-refractivity contribution is 0.0767. The van der Waals surface area contributed by atoms with E-state index in [4.69, 9.17) is 4.74 Å². The van der Waals surface area contributed by atoms with Gasteiger partial charge in [-0.2, -0.15) is 0 Å². The Labute approximate surface area is 130 Å². The van der Waals surface area contributed by atoms with Crippen molar-refractivity contribution in [2.24, 2.45) is 0 Å². The number of aromatic nitrogens is 1. The second kappa shape index (κ2) is 7.45. The van der Waals surface area contributed by atoms with Crippen LogP contribution in [0.5, 0.6) is 5.75 Å². The molecule has 0 aliphatic heterocycles. The van der Waals surface area contributed by atoms with Crippen molar-refractivity contribution in [1.29, 1.82) is 0 Å². The highest BCUT2D eigenvalue weighted by atomic mass is 16.5. The molecule has 0 aliphatic carbocycles. The van der Waals surface area contributed by atoms with Gasteiger partial charge in [-0.25, -0.2) is 4.98 Å². The third kappa shape index (κ3) is 3.55. The van der Waals surface area contributed by atoms with Crippen LogP contribution in [0.15, 0.2) is 42.6 Å². The van der Waals surface area contributed by atoms with Crippen molar-refractivity contribution in [3.05, 3.63) is 48.3 Å². The number of benzene rings is 1. The molecule has 0 fully saturated rings. The van der Waals surface area contributed by atoms with E-state index >= 15 is 0 Å². The molecule has 5 nitrogen and oxygen atoms in total. The largest absolute Gasteiger partial charge is 0.495 e. The molecule has 5 heteroatoms. The molecule has 1 amide bonds. The molecule has 0 bridgehead atoms. The molecule has 22 heavy (non-hydrogen) atoms. The minimum atomic E-state index is -0.0474. The number of carbonyl (C=O) groups is 1. The summed E-state index contributed by atoms with van der Waals surface area (Å²) in [5.41, 5.74) is 2.12. The van der Waals surface area contributed by atoms with Gasteiger partial charge in [0.25, 0.3) is 5.91 Å². The van der Waals surface area contributed by atoms with Gasteiger partial charge in [0.05, 0.1) is 24.7 Å². The van der Waals surface area contributed by atoms with E-state index in [2.05, 4.69) is 10.3 Å². The van der Waals surface area contributed by atoms with Gasteiger partial charge in [-0.15, -0.1) is 0 Å². The number of hydrogen-bond acceptors (Lipinski definition) is 4. The first-order chi connectivity index (χ1) is 10.7. The van der Waals surface area contributed by atoms with E-state index in [-0.39, 0.29) is 5.91 Å². The number of rotatable bonds is 6. The summed E-state index contributed by atoms with van der Waals surface area (Å²) in [6, 6.07) is 11.2. The van der Waals surface area contributed by atoms with Crippen molar-refractivity contribution in [3.63, 3.8) is 0 Å². The normalized spacial score (nSPS) is 10.1. The van der Waals surface area contributed by atoms with Crippen molar-refractivity contribution in [2.75, 3.05) is 25.5 Å². The summed E-state index contributed by atoms with van der Waals surface area (Å²) in [5.74, 6) is 0.708. The topological polar surface area (TPSA) is 54.5 Å². The van der Waals surface area contributed by atoms with Gasteiger partial charge >= 0.3 is 0 Å². The minimum Gasteiger partial charge on any atom is -0.495 e. The zero-order valence-corrected chi connectivity index (χ0v) is 13.2. The molecule has 0 spiro atoms. The van der Waals surface area contributed by atoms with Crippen LogP contribution in [-0.2, 0) is 0 Å². The number of para-hydroxylation sites is 2. The molecule has 0 atom stereocenters. The van der Waals surface area contributed by atoms with Gasteiger partial charge in [0.1, 0.15) is 11.4 Å². The summed E-state index contributed by atoms with van der Waals surface area (Å²) >= 11 is 0. The number of pyridine rings is 1. The summed E-state index contributed by atoms with van der Waals surface area (Å²) in [7, 11) is 1.63. The molecule has 1 aromatic carbocycles. The van der Waals surface area contributed by atoms with Crippen LogP contribution < -0.4 is 10.1 Å². The molecule has 0 saturated carbocycles. The second-order valence-electron chi connectivity index (χ2n) is 4.73. The third-order valence-corrected chi connectivity index (χ3v) is 3.42. The maximum absolute atomic E-state index is 12.2. The average Bonchev–Trinajstić information content (AvgIpc) is 2.57. The van der Waals surface area contributed by atoms with Gasteiger partial charge in [-0.1, -0.05) is 12.1 Å². The van der Waals surface area contributed by atoms with E-state index < -0.39 is 0 Å². The number of nitrogens with one attached hydrogen (secondary N) is 1. The molecule has 1 aromatic heterocycles. The zero-order valence-electron chi connectivity index (χ0n) is 13.2. The Kier molecular flexibility index (Phi) is 5.36. The van der Waals surface area contributed by atoms with Gasteiger partial charge in [-0.05, 0) is 38.1 Å². The lowest BCUT2D eigenvalue weighted by Crippen LogP contribution is -2.31. The van der Waals surface area contributed by atoms with Crippen LogP contribution in [0.3, 0.4) is 0 Å². The van der Waals surface area contributed by atoms with Crippen LogP contribution in [0.2, 0.25) is 0 Å². The molecule has 0 aliphatic rings. The zero-order chi connectivity index (χ0) is 15.9. The van der Waals surface area contributed by atoms with Crippen LogP contribution in [0.4, 0.5) is 11.4 Å². The molecule has 2 rings (SSSR count). The highest BCUT2D eigenvalue weighted by Crippen LogP contribution is 2.26. The van der Waals surface area contributed by atoms with Crippen molar-refractivity contribution < 1.29 is 9.53 Å². The first kappa shape index (κ1) is 15.8. The Morgan fingerprint density at radius 3 is 2.50 bits per heavy atom. The van der Waals surface area contributed by atoms with E-state index in [9.17, 15) is 4.79 Å². The Hall–Kier alpha value is -2.56. The predicted octanol–water partition coefficient (Wildman–Crippen LogP) is 3.32. The number of anilines is 2. The van der Waals surface area contributed by atoms with E-state index in [1.54, 1.807) is 24.3 Å². The highest BCUT2D eigenvalue weighted by Gasteiger charge is 2.13. The SMILES string of the molecule is CCN(CC)C(=O)c1ccc(Nc2ccccc2OC)cn1. The molecule has 0 radical (unpaired) electrons. The van der Waals surface area contributed by atoms with Gasteiger partial charge in [0.15, 0.2) is 0 Å². The fraction of sp³-hybridized carbons (Fsp3) is 0.294. The Bertz CT molecular complexity index is 622. The molecule has 2 aromatic rings. The summed E-state index contributed by atoms with van der Waals surface area (Å²) in [4.78, 5) is 18.2. The molecular formula is C17H21N3O2. The number of amides is 1. The van der Waals surface area contributed by atoms with Gasteiger partial charge in [0, 0.05) is 13.1 Å². The fourth-order valence-electron chi connectivity index (χ4n) is 2.17. The van der Waals surface area contributed by atoms with Crippen molar-refractivity contribution >= 4 is 17.3 Å². The number of nitrogens with zero attached hydrogens (tertiary/aromatic N) is 2. The van der Waals surface area contributed by atoms with E-state index in [1.807, 2.05) is 44.2 Å². The number of ether oxygens (including phenoxy) is 1. The van der Waals surface area contributed by atoms with Crippen LogP contribution in [0.25, 0.3) is 0 Å². The molecule has 1 N–H and O–H groups in total. The maximum Gasteiger partial charge on any atom is 0.272 e. The molecule has 0 unspecified atom stereocenters. The average molecular weight is 299 g/mol. The first-order valence-electron chi connectivity index (χ1n) is 7.35. The van der Waals surface area contributed by atoms with Crippen LogP contribution in [0.1, 0.15) is 24.3 Å². The van der Waals surface area contributed by atoms with E-state index in [0.29, 0.717) is 18.8 Å². The van der Waals surface area contributed by atoms with Crippen molar-refractivity contribution in [2.45, 2.75) is 13.8 Å². The minimum absolute atomic E-state index is 0.0474. The van der Waals surface area contributed by atoms with Crippen LogP contribution >= 0.6 is 0 Å². The molecular weight excluding hydrogens is 278 g/mol. The summed E-state index contributed by atoms with van der Waals surface area (Å²) in [5, 5.41) is 3.23. The second-order valence-corrected chi connectivity index (χ2v) is 4.73. The Morgan fingerprint density at radius 2 is 1.91 bits per heavy atom. The standard InChI is InChI=1S/C17H21N3O2/c1-4-20(5-2)17(21)15-11-10-13(12-18-15)19-14-8-6-7-9-16(14)22-3/h6-12,19H,4-5H2,1-3H3. The smallest absolute Gasteiger partial charge is 0.272 e. The lowest BCUT2D eigenvalue weighted by Gasteiger charge is -2.18. The van der Waals surface area contributed by atoms with Gasteiger partial charge in [0.2, 0.25) is 0 Å². The summed E-state index contributed by atoms with van der Waals surface area (Å²) < 4.78 is 5.30. The van der Waals surface area contributed by atoms with Gasteiger partial charge in [-0.3, -0.25) is 4.79 Å². The Balaban J connectivity index is 2.14. The van der Waals surface area contributed by atoms with Crippen LogP contribution in [0, 0.1) is 0 Å². The quantitative estimate of drug-likeness (QED) is 0.889. The lowest BCUT2D eigenvalue weighted by atomic mass is 10.2. The number of carbonyl (C=O) groups excluding carboxylic acids is 1. The fourth-order valence-corrected chi connectivity index (χ4v) is 2.17. The maximum atomic E-state index is 12.2. The Morgan fingerprint density at radius 1 is 1.18 bits per heavy atom. The number of hydrogen-bond donors (Lipinski definition) is 1. The molecule has 116 valence electrons. The van der Waals surface area contributed by atoms with Crippen molar-refractivity contribution in [1.82, 2.24) is 9.88 Å². The van der Waals surface area contributed by atoms with Crippen LogP contribution in [-0.4, -0.2) is 36.0 Å². The predicted molar refractivity (Wildman–Crippen MR) is 87.8 cm³/mol. The van der Waals surface area contributed by atoms with Gasteiger partial charge < -0.3 is 15.0 Å². The highest BCUT2D eigenvalue weighted by molar-refractivity contribution is 5.92. The van der Waals surface area contributed by atoms with E-state index in [0.717, 1.165) is 17.1 Å². The molecule has 0 saturated heterocycles. The summed E-state index contributed by atoms with van der Waals surface area (Å²) in [6.45, 7) is 5.27. The molecule has 1 heterocycles. The third-order valence-electron chi connectivity index (χ3n) is 3.42. The first-order valence-corrected chi connectivity index (χ1v) is 7.35. The monoisotopic (exact) mass is 299 g/mol. The van der Waals surface area contributed by atoms with E-state index in [1.165, 1.54) is 0 Å². The number of methoxy groups -OCH3 is 1. The van der Waals surface area contributed by atoms with Crippen molar-refractivity contribution in [3.8, 4) is 5.75 Å². The summed E-state index contributed by atoms with van der Waals surface area (Å²) in [6.07, 6.45) is 1.66.